The van der Waals surface area contributed by atoms with E-state index in [2.05, 4.69) is 58.5 Å². The Morgan fingerprint density at radius 3 is 2.75 bits per heavy atom. The van der Waals surface area contributed by atoms with Crippen molar-refractivity contribution in [1.82, 2.24) is 9.97 Å². The van der Waals surface area contributed by atoms with Crippen molar-refractivity contribution in [3.63, 3.8) is 0 Å². The van der Waals surface area contributed by atoms with Crippen LogP contribution in [-0.4, -0.2) is 16.5 Å². The molecule has 0 bridgehead atoms. The van der Waals surface area contributed by atoms with E-state index >= 15 is 0 Å². The number of nitrogens with one attached hydrogen (secondary N) is 1. The fourth-order valence-corrected chi connectivity index (χ4v) is 3.13. The van der Waals surface area contributed by atoms with Gasteiger partial charge in [0, 0.05) is 25.0 Å². The van der Waals surface area contributed by atoms with Crippen molar-refractivity contribution in [1.29, 1.82) is 0 Å². The van der Waals surface area contributed by atoms with Crippen LogP contribution < -0.4 is 10.2 Å². The van der Waals surface area contributed by atoms with Crippen LogP contribution in [0.25, 0.3) is 0 Å². The SMILES string of the molecule is Cc1cccc(Nc2nccc(N3CCc4ccccc4C3)n2)c1. The molecule has 3 aromatic rings. The first kappa shape index (κ1) is 14.7. The second-order valence-corrected chi connectivity index (χ2v) is 6.17. The fourth-order valence-electron chi connectivity index (χ4n) is 3.13. The molecule has 1 aromatic heterocycles. The number of nitrogens with zero attached hydrogens (tertiary/aromatic N) is 3. The van der Waals surface area contributed by atoms with E-state index in [1.54, 1.807) is 0 Å². The number of hydrogen-bond donors (Lipinski definition) is 1. The van der Waals surface area contributed by atoms with Crippen molar-refractivity contribution in [3.05, 3.63) is 77.5 Å². The van der Waals surface area contributed by atoms with E-state index in [1.807, 2.05) is 24.4 Å². The van der Waals surface area contributed by atoms with Crippen LogP contribution in [0.3, 0.4) is 0 Å². The van der Waals surface area contributed by atoms with E-state index in [0.29, 0.717) is 5.95 Å². The van der Waals surface area contributed by atoms with Gasteiger partial charge in [0.2, 0.25) is 5.95 Å². The largest absolute Gasteiger partial charge is 0.352 e. The van der Waals surface area contributed by atoms with Crippen LogP contribution in [0.4, 0.5) is 17.5 Å². The summed E-state index contributed by atoms with van der Waals surface area (Å²) in [5.74, 6) is 1.60. The van der Waals surface area contributed by atoms with E-state index in [9.17, 15) is 0 Å². The molecule has 120 valence electrons. The summed E-state index contributed by atoms with van der Waals surface area (Å²) in [6, 6.07) is 18.8. The number of aryl methyl sites for hydroxylation is 1. The summed E-state index contributed by atoms with van der Waals surface area (Å²) >= 11 is 0. The second kappa shape index (κ2) is 6.32. The molecule has 0 atom stereocenters. The molecule has 0 radical (unpaired) electrons. The highest BCUT2D eigenvalue weighted by molar-refractivity contribution is 5.56. The summed E-state index contributed by atoms with van der Waals surface area (Å²) in [7, 11) is 0. The van der Waals surface area contributed by atoms with Crippen molar-refractivity contribution in [2.75, 3.05) is 16.8 Å². The first-order valence-electron chi connectivity index (χ1n) is 8.26. The Morgan fingerprint density at radius 1 is 1.00 bits per heavy atom. The summed E-state index contributed by atoms with van der Waals surface area (Å²) in [4.78, 5) is 11.4. The van der Waals surface area contributed by atoms with Crippen molar-refractivity contribution in [2.45, 2.75) is 19.9 Å². The summed E-state index contributed by atoms with van der Waals surface area (Å²) < 4.78 is 0. The average molecular weight is 316 g/mol. The number of anilines is 3. The molecular weight excluding hydrogens is 296 g/mol. The molecule has 0 unspecified atom stereocenters. The highest BCUT2D eigenvalue weighted by Crippen LogP contribution is 2.24. The molecular formula is C20H20N4. The molecule has 0 aliphatic carbocycles. The van der Waals surface area contributed by atoms with Gasteiger partial charge in [-0.05, 0) is 48.2 Å². The summed E-state index contributed by atoms with van der Waals surface area (Å²) in [5.41, 5.74) is 5.05. The molecule has 0 saturated carbocycles. The molecule has 1 aliphatic rings. The van der Waals surface area contributed by atoms with Gasteiger partial charge in [0.05, 0.1) is 0 Å². The van der Waals surface area contributed by atoms with E-state index < -0.39 is 0 Å². The molecule has 2 aromatic carbocycles. The van der Waals surface area contributed by atoms with E-state index in [4.69, 9.17) is 4.98 Å². The predicted molar refractivity (Wildman–Crippen MR) is 97.7 cm³/mol. The first-order valence-corrected chi connectivity index (χ1v) is 8.26. The third-order valence-electron chi connectivity index (χ3n) is 4.37. The Labute approximate surface area is 142 Å². The summed E-state index contributed by atoms with van der Waals surface area (Å²) in [6.07, 6.45) is 2.88. The van der Waals surface area contributed by atoms with Crippen molar-refractivity contribution in [3.8, 4) is 0 Å². The standard InChI is InChI=1S/C20H20N4/c1-15-5-4-8-18(13-15)22-20-21-11-9-19(23-20)24-12-10-16-6-2-3-7-17(16)14-24/h2-9,11,13H,10,12,14H2,1H3,(H,21,22,23). The lowest BCUT2D eigenvalue weighted by Gasteiger charge is -2.29. The molecule has 1 N–H and O–H groups in total. The second-order valence-electron chi connectivity index (χ2n) is 6.17. The van der Waals surface area contributed by atoms with Crippen LogP contribution in [0.2, 0.25) is 0 Å². The highest BCUT2D eigenvalue weighted by Gasteiger charge is 2.17. The van der Waals surface area contributed by atoms with Gasteiger partial charge in [0.1, 0.15) is 5.82 Å². The normalized spacial score (nSPS) is 13.5. The number of aromatic nitrogens is 2. The van der Waals surface area contributed by atoms with Crippen LogP contribution in [0, 0.1) is 6.92 Å². The van der Waals surface area contributed by atoms with Crippen molar-refractivity contribution in [2.24, 2.45) is 0 Å². The molecule has 0 saturated heterocycles. The first-order chi connectivity index (χ1) is 11.8. The van der Waals surface area contributed by atoms with Gasteiger partial charge < -0.3 is 10.2 Å². The minimum Gasteiger partial charge on any atom is -0.352 e. The fraction of sp³-hybridized carbons (Fsp3) is 0.200. The maximum absolute atomic E-state index is 4.70. The minimum absolute atomic E-state index is 0.636. The molecule has 4 nitrogen and oxygen atoms in total. The molecule has 4 heteroatoms. The van der Waals surface area contributed by atoms with Gasteiger partial charge in [-0.25, -0.2) is 4.98 Å². The van der Waals surface area contributed by atoms with Gasteiger partial charge in [-0.2, -0.15) is 4.98 Å². The molecule has 0 spiro atoms. The zero-order valence-corrected chi connectivity index (χ0v) is 13.7. The van der Waals surface area contributed by atoms with Crippen LogP contribution >= 0.6 is 0 Å². The van der Waals surface area contributed by atoms with Crippen LogP contribution in [0.15, 0.2) is 60.8 Å². The third-order valence-corrected chi connectivity index (χ3v) is 4.37. The van der Waals surface area contributed by atoms with Gasteiger partial charge in [-0.15, -0.1) is 0 Å². The van der Waals surface area contributed by atoms with E-state index in [1.165, 1.54) is 16.7 Å². The average Bonchev–Trinajstić information content (AvgIpc) is 2.61. The van der Waals surface area contributed by atoms with Crippen molar-refractivity contribution < 1.29 is 0 Å². The van der Waals surface area contributed by atoms with Crippen LogP contribution in [0.1, 0.15) is 16.7 Å². The zero-order chi connectivity index (χ0) is 16.4. The van der Waals surface area contributed by atoms with Crippen LogP contribution in [0.5, 0.6) is 0 Å². The van der Waals surface area contributed by atoms with Gasteiger partial charge in [-0.1, -0.05) is 36.4 Å². The number of benzene rings is 2. The predicted octanol–water partition coefficient (Wildman–Crippen LogP) is 4.09. The van der Waals surface area contributed by atoms with Gasteiger partial charge in [0.15, 0.2) is 0 Å². The van der Waals surface area contributed by atoms with Crippen LogP contribution in [-0.2, 0) is 13.0 Å². The van der Waals surface area contributed by atoms with Gasteiger partial charge >= 0.3 is 0 Å². The van der Waals surface area contributed by atoms with Crippen molar-refractivity contribution >= 4 is 17.5 Å². The maximum atomic E-state index is 4.70. The monoisotopic (exact) mass is 316 g/mol. The maximum Gasteiger partial charge on any atom is 0.229 e. The number of hydrogen-bond acceptors (Lipinski definition) is 4. The molecule has 1 aliphatic heterocycles. The lowest BCUT2D eigenvalue weighted by molar-refractivity contribution is 0.720. The molecule has 24 heavy (non-hydrogen) atoms. The minimum atomic E-state index is 0.636. The van der Waals surface area contributed by atoms with E-state index in [-0.39, 0.29) is 0 Å². The quantitative estimate of drug-likeness (QED) is 0.790. The summed E-state index contributed by atoms with van der Waals surface area (Å²) in [6.45, 7) is 3.96. The Hall–Kier alpha value is -2.88. The Morgan fingerprint density at radius 2 is 1.88 bits per heavy atom. The highest BCUT2D eigenvalue weighted by atomic mass is 15.2. The molecule has 0 fully saturated rings. The Kier molecular flexibility index (Phi) is 3.87. The topological polar surface area (TPSA) is 41.1 Å². The van der Waals surface area contributed by atoms with Gasteiger partial charge in [-0.3, -0.25) is 0 Å². The van der Waals surface area contributed by atoms with E-state index in [0.717, 1.165) is 31.0 Å². The molecule has 4 rings (SSSR count). The Bertz CT molecular complexity index is 860. The third kappa shape index (κ3) is 3.08. The molecule has 0 amide bonds. The Balaban J connectivity index is 1.55. The number of fused-ring (bicyclic) bond motifs is 1. The zero-order valence-electron chi connectivity index (χ0n) is 13.7. The summed E-state index contributed by atoms with van der Waals surface area (Å²) in [5, 5.41) is 3.29. The molecule has 2 heterocycles. The number of rotatable bonds is 3. The lowest BCUT2D eigenvalue weighted by Crippen LogP contribution is -2.31. The lowest BCUT2D eigenvalue weighted by atomic mass is 10.00. The smallest absolute Gasteiger partial charge is 0.229 e. The van der Waals surface area contributed by atoms with Gasteiger partial charge in [0.25, 0.3) is 0 Å².